The average Bonchev–Trinajstić information content (AvgIpc) is 3.06. The van der Waals surface area contributed by atoms with E-state index in [1.165, 1.54) is 6.92 Å². The van der Waals surface area contributed by atoms with Crippen molar-refractivity contribution < 1.29 is 19.1 Å². The molecule has 0 aliphatic carbocycles. The van der Waals surface area contributed by atoms with Crippen molar-refractivity contribution in [3.05, 3.63) is 60.3 Å². The standard InChI is InChI=1S/C19H18N2O4/c1-12(18(22)20-14-7-9-15(24-2)10-8-14)25-19(23)17-11-13-5-3-4-6-16(13)21-17/h3-12,21H,1-2H3,(H,20,22). The van der Waals surface area contributed by atoms with E-state index in [-0.39, 0.29) is 0 Å². The Hall–Kier alpha value is -3.28. The van der Waals surface area contributed by atoms with Crippen molar-refractivity contribution >= 4 is 28.5 Å². The van der Waals surface area contributed by atoms with Gasteiger partial charge in [0.2, 0.25) is 0 Å². The summed E-state index contributed by atoms with van der Waals surface area (Å²) in [4.78, 5) is 27.4. The maximum Gasteiger partial charge on any atom is 0.355 e. The van der Waals surface area contributed by atoms with Crippen molar-refractivity contribution in [3.8, 4) is 5.75 Å². The van der Waals surface area contributed by atoms with Crippen molar-refractivity contribution in [1.29, 1.82) is 0 Å². The molecular weight excluding hydrogens is 320 g/mol. The van der Waals surface area contributed by atoms with Crippen LogP contribution in [0.5, 0.6) is 5.75 Å². The van der Waals surface area contributed by atoms with E-state index in [0.29, 0.717) is 17.1 Å². The van der Waals surface area contributed by atoms with Crippen LogP contribution >= 0.6 is 0 Å². The van der Waals surface area contributed by atoms with Crippen molar-refractivity contribution in [2.24, 2.45) is 0 Å². The van der Waals surface area contributed by atoms with Crippen LogP contribution in [0.2, 0.25) is 0 Å². The van der Waals surface area contributed by atoms with Gasteiger partial charge in [-0.1, -0.05) is 18.2 Å². The predicted octanol–water partition coefficient (Wildman–Crippen LogP) is 3.36. The van der Waals surface area contributed by atoms with Crippen LogP contribution in [0.1, 0.15) is 17.4 Å². The highest BCUT2D eigenvalue weighted by Crippen LogP contribution is 2.17. The molecule has 1 amide bonds. The number of rotatable bonds is 5. The van der Waals surface area contributed by atoms with Gasteiger partial charge in [-0.15, -0.1) is 0 Å². The molecule has 0 saturated carbocycles. The predicted molar refractivity (Wildman–Crippen MR) is 94.8 cm³/mol. The molecule has 6 heteroatoms. The maximum absolute atomic E-state index is 12.2. The number of ether oxygens (including phenoxy) is 2. The number of anilines is 1. The number of para-hydroxylation sites is 1. The maximum atomic E-state index is 12.2. The van der Waals surface area contributed by atoms with E-state index in [0.717, 1.165) is 10.9 Å². The smallest absolute Gasteiger partial charge is 0.355 e. The van der Waals surface area contributed by atoms with E-state index >= 15 is 0 Å². The second-order valence-electron chi connectivity index (χ2n) is 5.54. The summed E-state index contributed by atoms with van der Waals surface area (Å²) in [6.07, 6.45) is -0.930. The highest BCUT2D eigenvalue weighted by molar-refractivity contribution is 5.98. The molecule has 6 nitrogen and oxygen atoms in total. The van der Waals surface area contributed by atoms with Crippen LogP contribution in [0.15, 0.2) is 54.6 Å². The molecule has 1 heterocycles. The molecule has 1 atom stereocenters. The Morgan fingerprint density at radius 1 is 1.08 bits per heavy atom. The summed E-state index contributed by atoms with van der Waals surface area (Å²) in [5.41, 5.74) is 1.74. The number of carbonyl (C=O) groups is 2. The van der Waals surface area contributed by atoms with Crippen molar-refractivity contribution in [2.45, 2.75) is 13.0 Å². The van der Waals surface area contributed by atoms with Crippen LogP contribution in [0.25, 0.3) is 10.9 Å². The lowest BCUT2D eigenvalue weighted by Crippen LogP contribution is -2.30. The molecule has 3 aromatic rings. The summed E-state index contributed by atoms with van der Waals surface area (Å²) < 4.78 is 10.3. The van der Waals surface area contributed by atoms with Crippen LogP contribution in [-0.4, -0.2) is 30.1 Å². The van der Waals surface area contributed by atoms with Gasteiger partial charge in [0.05, 0.1) is 7.11 Å². The van der Waals surface area contributed by atoms with E-state index in [4.69, 9.17) is 9.47 Å². The van der Waals surface area contributed by atoms with Gasteiger partial charge in [-0.25, -0.2) is 4.79 Å². The van der Waals surface area contributed by atoms with Gasteiger partial charge in [0.1, 0.15) is 11.4 Å². The number of methoxy groups -OCH3 is 1. The van der Waals surface area contributed by atoms with Gasteiger partial charge < -0.3 is 19.8 Å². The molecule has 2 N–H and O–H groups in total. The van der Waals surface area contributed by atoms with E-state index in [2.05, 4.69) is 10.3 Å². The van der Waals surface area contributed by atoms with Gasteiger partial charge in [-0.3, -0.25) is 4.79 Å². The molecule has 1 unspecified atom stereocenters. The molecule has 0 aliphatic rings. The Balaban J connectivity index is 1.62. The first kappa shape index (κ1) is 16.6. The minimum Gasteiger partial charge on any atom is -0.497 e. The summed E-state index contributed by atoms with van der Waals surface area (Å²) >= 11 is 0. The highest BCUT2D eigenvalue weighted by atomic mass is 16.5. The molecule has 3 rings (SSSR count). The summed E-state index contributed by atoms with van der Waals surface area (Å²) in [6.45, 7) is 1.53. The van der Waals surface area contributed by atoms with Crippen LogP contribution in [0, 0.1) is 0 Å². The lowest BCUT2D eigenvalue weighted by Gasteiger charge is -2.13. The third-order valence-electron chi connectivity index (χ3n) is 3.76. The molecule has 0 radical (unpaired) electrons. The first-order valence-electron chi connectivity index (χ1n) is 7.80. The number of benzene rings is 2. The zero-order valence-corrected chi connectivity index (χ0v) is 13.9. The lowest BCUT2D eigenvalue weighted by molar-refractivity contribution is -0.123. The first-order valence-corrected chi connectivity index (χ1v) is 7.80. The number of H-pyrrole nitrogens is 1. The van der Waals surface area contributed by atoms with Crippen molar-refractivity contribution in [3.63, 3.8) is 0 Å². The Morgan fingerprint density at radius 3 is 2.48 bits per heavy atom. The summed E-state index contributed by atoms with van der Waals surface area (Å²) in [6, 6.07) is 16.1. The number of esters is 1. The van der Waals surface area contributed by atoms with Gasteiger partial charge in [0, 0.05) is 16.6 Å². The third kappa shape index (κ3) is 3.80. The number of hydrogen-bond donors (Lipinski definition) is 2. The fourth-order valence-electron chi connectivity index (χ4n) is 2.38. The normalized spacial score (nSPS) is 11.8. The van der Waals surface area contributed by atoms with E-state index in [1.807, 2.05) is 24.3 Å². The number of hydrogen-bond acceptors (Lipinski definition) is 4. The largest absolute Gasteiger partial charge is 0.497 e. The molecule has 0 bridgehead atoms. The van der Waals surface area contributed by atoms with Gasteiger partial charge in [-0.05, 0) is 43.3 Å². The van der Waals surface area contributed by atoms with Crippen molar-refractivity contribution in [1.82, 2.24) is 4.98 Å². The second-order valence-corrected chi connectivity index (χ2v) is 5.54. The van der Waals surface area contributed by atoms with Crippen molar-refractivity contribution in [2.75, 3.05) is 12.4 Å². The fourth-order valence-corrected chi connectivity index (χ4v) is 2.38. The Bertz CT molecular complexity index is 866. The number of aromatic nitrogens is 1. The topological polar surface area (TPSA) is 80.4 Å². The summed E-state index contributed by atoms with van der Waals surface area (Å²) in [5, 5.41) is 3.60. The highest BCUT2D eigenvalue weighted by Gasteiger charge is 2.20. The molecular formula is C19H18N2O4. The van der Waals surface area contributed by atoms with E-state index in [1.54, 1.807) is 37.4 Å². The molecule has 0 aliphatic heterocycles. The molecule has 128 valence electrons. The summed E-state index contributed by atoms with van der Waals surface area (Å²) in [7, 11) is 1.57. The molecule has 1 aromatic heterocycles. The lowest BCUT2D eigenvalue weighted by atomic mass is 10.2. The number of nitrogens with one attached hydrogen (secondary N) is 2. The van der Waals surface area contributed by atoms with Crippen LogP contribution in [0.4, 0.5) is 5.69 Å². The third-order valence-corrected chi connectivity index (χ3v) is 3.76. The molecule has 25 heavy (non-hydrogen) atoms. The Labute approximate surface area is 144 Å². The minimum absolute atomic E-state index is 0.310. The number of carbonyl (C=O) groups excluding carboxylic acids is 2. The van der Waals surface area contributed by atoms with Gasteiger partial charge in [0.25, 0.3) is 5.91 Å². The van der Waals surface area contributed by atoms with Gasteiger partial charge >= 0.3 is 5.97 Å². The molecule has 0 spiro atoms. The zero-order valence-electron chi connectivity index (χ0n) is 13.9. The average molecular weight is 338 g/mol. The number of amides is 1. The monoisotopic (exact) mass is 338 g/mol. The Morgan fingerprint density at radius 2 is 1.80 bits per heavy atom. The second kappa shape index (κ2) is 7.09. The minimum atomic E-state index is -0.930. The fraction of sp³-hybridized carbons (Fsp3) is 0.158. The van der Waals surface area contributed by atoms with Crippen LogP contribution < -0.4 is 10.1 Å². The van der Waals surface area contributed by atoms with Gasteiger partial charge in [-0.2, -0.15) is 0 Å². The SMILES string of the molecule is COc1ccc(NC(=O)C(C)OC(=O)c2cc3ccccc3[nH]2)cc1. The van der Waals surface area contributed by atoms with Crippen LogP contribution in [0.3, 0.4) is 0 Å². The molecule has 0 saturated heterocycles. The van der Waals surface area contributed by atoms with Gasteiger partial charge in [0.15, 0.2) is 6.10 Å². The van der Waals surface area contributed by atoms with E-state index < -0.39 is 18.0 Å². The zero-order chi connectivity index (χ0) is 17.8. The Kier molecular flexibility index (Phi) is 4.70. The number of fused-ring (bicyclic) bond motifs is 1. The van der Waals surface area contributed by atoms with Crippen LogP contribution in [-0.2, 0) is 9.53 Å². The number of aromatic amines is 1. The first-order chi connectivity index (χ1) is 12.1. The molecule has 2 aromatic carbocycles. The van der Waals surface area contributed by atoms with E-state index in [9.17, 15) is 9.59 Å². The quantitative estimate of drug-likeness (QED) is 0.699. The summed E-state index contributed by atoms with van der Waals surface area (Å²) in [5.74, 6) is -0.292. The molecule has 0 fully saturated rings.